The number of nitrogens with zero attached hydrogens (tertiary/aromatic N) is 1. The largest absolute Gasteiger partial charge is 1.00 e. The highest BCUT2D eigenvalue weighted by Crippen LogP contribution is 2.03. The van der Waals surface area contributed by atoms with Gasteiger partial charge in [-0.25, -0.2) is 9.59 Å². The Hall–Kier alpha value is -2.60. The summed E-state index contributed by atoms with van der Waals surface area (Å²) in [6.07, 6.45) is 3.57. The molecule has 2 rings (SSSR count). The molecule has 0 bridgehead atoms. The van der Waals surface area contributed by atoms with Gasteiger partial charge in [-0.1, -0.05) is 30.3 Å². The molecule has 0 aliphatic heterocycles. The van der Waals surface area contributed by atoms with E-state index in [0.29, 0.717) is 12.2 Å². The predicted octanol–water partition coefficient (Wildman–Crippen LogP) is -0.530. The molecular weight excluding hydrogens is 356 g/mol. The van der Waals surface area contributed by atoms with E-state index in [2.05, 4.69) is 5.32 Å². The fraction of sp³-hybridized carbons (Fsp3) is 0.316. The summed E-state index contributed by atoms with van der Waals surface area (Å²) in [5.74, 6) is -0.372. The Morgan fingerprint density at radius 2 is 1.73 bits per heavy atom. The molecule has 26 heavy (non-hydrogen) atoms. The Morgan fingerprint density at radius 3 is 2.35 bits per heavy atom. The van der Waals surface area contributed by atoms with Gasteiger partial charge in [-0.2, -0.15) is 4.57 Å². The molecule has 6 nitrogen and oxygen atoms in total. The van der Waals surface area contributed by atoms with Crippen molar-refractivity contribution >= 4 is 12.1 Å². The van der Waals surface area contributed by atoms with Crippen LogP contribution in [-0.2, 0) is 22.6 Å². The number of carbonyl (C=O) groups is 2. The van der Waals surface area contributed by atoms with Crippen LogP contribution in [0.2, 0.25) is 0 Å². The van der Waals surface area contributed by atoms with Crippen LogP contribution in [0.3, 0.4) is 0 Å². The van der Waals surface area contributed by atoms with Crippen molar-refractivity contribution in [2.45, 2.75) is 33.0 Å². The number of nitrogens with one attached hydrogen (secondary N) is 1. The van der Waals surface area contributed by atoms with Crippen LogP contribution >= 0.6 is 0 Å². The molecule has 0 spiro atoms. The van der Waals surface area contributed by atoms with E-state index in [9.17, 15) is 9.59 Å². The lowest BCUT2D eigenvalue weighted by molar-refractivity contribution is -0.727. The summed E-state index contributed by atoms with van der Waals surface area (Å²) >= 11 is 0. The Kier molecular flexibility index (Phi) is 9.15. The van der Waals surface area contributed by atoms with Gasteiger partial charge in [-0.15, -0.1) is 0 Å². The molecule has 0 aliphatic carbocycles. The molecule has 1 amide bonds. The molecule has 1 aromatic heterocycles. The van der Waals surface area contributed by atoms with Crippen molar-refractivity contribution in [3.05, 3.63) is 66.0 Å². The van der Waals surface area contributed by atoms with Crippen LogP contribution in [0.5, 0.6) is 0 Å². The number of ether oxygens (including phenoxy) is 2. The van der Waals surface area contributed by atoms with E-state index in [1.165, 1.54) is 0 Å². The quantitative estimate of drug-likeness (QED) is 0.519. The molecule has 1 heterocycles. The van der Waals surface area contributed by atoms with Crippen molar-refractivity contribution in [3.63, 3.8) is 0 Å². The number of benzene rings is 1. The van der Waals surface area contributed by atoms with Crippen LogP contribution in [0.4, 0.5) is 4.79 Å². The monoisotopic (exact) mass is 378 g/mol. The van der Waals surface area contributed by atoms with Crippen molar-refractivity contribution in [2.24, 2.45) is 0 Å². The summed E-state index contributed by atoms with van der Waals surface area (Å²) in [6.45, 7) is 4.08. The number of rotatable bonds is 7. The third kappa shape index (κ3) is 7.11. The first-order valence-corrected chi connectivity index (χ1v) is 8.22. The number of carbonyl (C=O) groups excluding carboxylic acids is 2. The van der Waals surface area contributed by atoms with Crippen molar-refractivity contribution in [3.8, 4) is 0 Å². The zero-order valence-corrected chi connectivity index (χ0v) is 15.6. The highest BCUT2D eigenvalue weighted by Gasteiger charge is 2.12. The summed E-state index contributed by atoms with van der Waals surface area (Å²) < 4.78 is 11.8. The zero-order chi connectivity index (χ0) is 18.1. The van der Waals surface area contributed by atoms with Gasteiger partial charge in [-0.05, 0) is 25.8 Å². The van der Waals surface area contributed by atoms with Crippen LogP contribution in [0.25, 0.3) is 0 Å². The molecule has 0 aliphatic rings. The van der Waals surface area contributed by atoms with Crippen LogP contribution in [-0.4, -0.2) is 24.7 Å². The van der Waals surface area contributed by atoms with E-state index in [0.717, 1.165) is 12.0 Å². The molecule has 2 aromatic rings. The van der Waals surface area contributed by atoms with Gasteiger partial charge in [0.15, 0.2) is 12.4 Å². The maximum absolute atomic E-state index is 11.9. The lowest BCUT2D eigenvalue weighted by atomic mass is 10.1. The van der Waals surface area contributed by atoms with Gasteiger partial charge >= 0.3 is 12.1 Å². The lowest BCUT2D eigenvalue weighted by Crippen LogP contribution is -3.00. The zero-order valence-electron chi connectivity index (χ0n) is 14.9. The summed E-state index contributed by atoms with van der Waals surface area (Å²) in [4.78, 5) is 23.4. The van der Waals surface area contributed by atoms with Gasteiger partial charge in [0.1, 0.15) is 0 Å². The Morgan fingerprint density at radius 1 is 1.08 bits per heavy atom. The second-order valence-electron chi connectivity index (χ2n) is 5.62. The van der Waals surface area contributed by atoms with E-state index in [1.807, 2.05) is 37.3 Å². The van der Waals surface area contributed by atoms with Crippen LogP contribution < -0.4 is 22.3 Å². The molecular formula is C19H23ClN2O4. The molecule has 1 atom stereocenters. The third-order valence-electron chi connectivity index (χ3n) is 3.50. The Bertz CT molecular complexity index is 692. The SMILES string of the molecule is CCOC(=O)c1cc[n+](COC(=O)N[C@@H](C)Cc2ccccc2)cc1.[Cl-]. The Balaban J connectivity index is 0.00000338. The number of hydrogen-bond donors (Lipinski definition) is 1. The fourth-order valence-electron chi connectivity index (χ4n) is 2.29. The topological polar surface area (TPSA) is 68.5 Å². The number of hydrogen-bond acceptors (Lipinski definition) is 4. The molecule has 0 radical (unpaired) electrons. The van der Waals surface area contributed by atoms with E-state index >= 15 is 0 Å². The number of halogens is 1. The Labute approximate surface area is 159 Å². The number of pyridine rings is 1. The number of aromatic nitrogens is 1. The fourth-order valence-corrected chi connectivity index (χ4v) is 2.29. The molecule has 140 valence electrons. The number of amides is 1. The van der Waals surface area contributed by atoms with Gasteiger partial charge in [-0.3, -0.25) is 0 Å². The average molecular weight is 379 g/mol. The van der Waals surface area contributed by atoms with E-state index in [1.54, 1.807) is 36.0 Å². The summed E-state index contributed by atoms with van der Waals surface area (Å²) in [6, 6.07) is 13.1. The first kappa shape index (κ1) is 21.4. The molecule has 0 saturated carbocycles. The number of alkyl carbamates (subject to hydrolysis) is 1. The van der Waals surface area contributed by atoms with E-state index in [-0.39, 0.29) is 31.1 Å². The van der Waals surface area contributed by atoms with Gasteiger partial charge in [0.25, 0.3) is 6.73 Å². The van der Waals surface area contributed by atoms with Crippen molar-refractivity contribution in [2.75, 3.05) is 6.61 Å². The van der Waals surface area contributed by atoms with Crippen molar-refractivity contribution < 1.29 is 36.0 Å². The maximum atomic E-state index is 11.9. The lowest BCUT2D eigenvalue weighted by Gasteiger charge is -2.13. The average Bonchev–Trinajstić information content (AvgIpc) is 2.61. The summed E-state index contributed by atoms with van der Waals surface area (Å²) in [5.41, 5.74) is 1.61. The smallest absolute Gasteiger partial charge is 0.412 e. The minimum atomic E-state index is -0.481. The molecule has 1 N–H and O–H groups in total. The summed E-state index contributed by atoms with van der Waals surface area (Å²) in [5, 5.41) is 2.80. The predicted molar refractivity (Wildman–Crippen MR) is 91.8 cm³/mol. The minimum absolute atomic E-state index is 0. The second kappa shape index (κ2) is 11.1. The van der Waals surface area contributed by atoms with Crippen molar-refractivity contribution in [1.82, 2.24) is 5.32 Å². The molecule has 0 unspecified atom stereocenters. The normalized spacial score (nSPS) is 11.0. The standard InChI is InChI=1S/C19H22N2O4.ClH/c1-3-24-18(22)17-9-11-21(12-10-17)14-25-19(23)20-15(2)13-16-7-5-4-6-8-16;/h4-12,15H,3,13-14H2,1-2H3;1H/t15-;/m0./s1. The molecule has 7 heteroatoms. The number of esters is 1. The van der Waals surface area contributed by atoms with Gasteiger partial charge < -0.3 is 27.2 Å². The van der Waals surface area contributed by atoms with Crippen LogP contribution in [0, 0.1) is 0 Å². The third-order valence-corrected chi connectivity index (χ3v) is 3.50. The van der Waals surface area contributed by atoms with Crippen LogP contribution in [0.1, 0.15) is 29.8 Å². The van der Waals surface area contributed by atoms with Gasteiger partial charge in [0.2, 0.25) is 0 Å². The summed E-state index contributed by atoms with van der Waals surface area (Å²) in [7, 11) is 0. The van der Waals surface area contributed by atoms with E-state index in [4.69, 9.17) is 9.47 Å². The molecule has 0 saturated heterocycles. The maximum Gasteiger partial charge on any atom is 0.412 e. The van der Waals surface area contributed by atoms with E-state index < -0.39 is 6.09 Å². The highest BCUT2D eigenvalue weighted by molar-refractivity contribution is 5.88. The first-order valence-electron chi connectivity index (χ1n) is 8.22. The van der Waals surface area contributed by atoms with Gasteiger partial charge in [0, 0.05) is 18.2 Å². The van der Waals surface area contributed by atoms with Crippen LogP contribution in [0.15, 0.2) is 54.9 Å². The van der Waals surface area contributed by atoms with Gasteiger partial charge in [0.05, 0.1) is 12.2 Å². The second-order valence-corrected chi connectivity index (χ2v) is 5.62. The van der Waals surface area contributed by atoms with Crippen molar-refractivity contribution in [1.29, 1.82) is 0 Å². The molecule has 1 aromatic carbocycles. The minimum Gasteiger partial charge on any atom is -1.00 e. The first-order chi connectivity index (χ1) is 12.1. The molecule has 0 fully saturated rings. The highest BCUT2D eigenvalue weighted by atomic mass is 35.5.